The fourth-order valence-corrected chi connectivity index (χ4v) is 3.19. The molecule has 0 aliphatic carbocycles. The number of halogens is 1. The zero-order chi connectivity index (χ0) is 19.6. The number of hydrogen-bond acceptors (Lipinski definition) is 4. The summed E-state index contributed by atoms with van der Waals surface area (Å²) in [4.78, 5) is 11.7. The van der Waals surface area contributed by atoms with E-state index in [0.29, 0.717) is 33.3 Å². The summed E-state index contributed by atoms with van der Waals surface area (Å²) in [6.07, 6.45) is 2.74. The lowest BCUT2D eigenvalue weighted by Gasteiger charge is -2.14. The molecule has 3 rings (SSSR count). The molecule has 0 amide bonds. The normalized spacial score (nSPS) is 11.2. The van der Waals surface area contributed by atoms with Crippen LogP contribution in [0.2, 0.25) is 5.02 Å². The highest BCUT2D eigenvalue weighted by Gasteiger charge is 2.12. The minimum absolute atomic E-state index is 0.149. The van der Waals surface area contributed by atoms with Gasteiger partial charge in [0.15, 0.2) is 0 Å². The minimum atomic E-state index is -3.43. The van der Waals surface area contributed by atoms with E-state index in [1.165, 1.54) is 10.6 Å². The van der Waals surface area contributed by atoms with Crippen LogP contribution in [-0.4, -0.2) is 19.2 Å². The van der Waals surface area contributed by atoms with E-state index < -0.39 is 10.0 Å². The highest BCUT2D eigenvalue weighted by molar-refractivity contribution is 7.92. The summed E-state index contributed by atoms with van der Waals surface area (Å²) in [5, 5.41) is 0.591. The van der Waals surface area contributed by atoms with Crippen LogP contribution in [0, 0.1) is 0 Å². The van der Waals surface area contributed by atoms with E-state index in [1.54, 1.807) is 61.8 Å². The van der Waals surface area contributed by atoms with Crippen molar-refractivity contribution in [2.24, 2.45) is 7.05 Å². The largest absolute Gasteiger partial charge is 0.457 e. The van der Waals surface area contributed by atoms with Crippen LogP contribution in [0.3, 0.4) is 0 Å². The molecule has 0 fully saturated rings. The monoisotopic (exact) mass is 404 g/mol. The summed E-state index contributed by atoms with van der Waals surface area (Å²) >= 11 is 5.90. The van der Waals surface area contributed by atoms with Crippen molar-refractivity contribution in [3.8, 4) is 22.6 Å². The van der Waals surface area contributed by atoms with Crippen LogP contribution < -0.4 is 15.0 Å². The summed E-state index contributed by atoms with van der Waals surface area (Å²) < 4.78 is 32.9. The first-order valence-corrected chi connectivity index (χ1v) is 10.2. The van der Waals surface area contributed by atoms with Gasteiger partial charge in [-0.2, -0.15) is 0 Å². The molecule has 0 bridgehead atoms. The quantitative estimate of drug-likeness (QED) is 0.700. The number of rotatable bonds is 5. The Morgan fingerprint density at radius 3 is 2.37 bits per heavy atom. The van der Waals surface area contributed by atoms with Crippen molar-refractivity contribution in [2.45, 2.75) is 0 Å². The summed E-state index contributed by atoms with van der Waals surface area (Å²) in [5.41, 5.74) is 1.58. The van der Waals surface area contributed by atoms with Gasteiger partial charge in [0.1, 0.15) is 11.5 Å². The third-order valence-electron chi connectivity index (χ3n) is 3.72. The molecule has 1 aromatic heterocycles. The first kappa shape index (κ1) is 19.0. The lowest BCUT2D eigenvalue weighted by Crippen LogP contribution is -2.14. The van der Waals surface area contributed by atoms with E-state index in [-0.39, 0.29) is 5.56 Å². The SMILES string of the molecule is Cn1cc(-c2cc(NS(C)(=O)=O)ccc2Oc2ccc(Cl)cc2)ccc1=O. The molecule has 27 heavy (non-hydrogen) atoms. The van der Waals surface area contributed by atoms with Crippen molar-refractivity contribution in [2.75, 3.05) is 11.0 Å². The Labute approximate surface area is 162 Å². The van der Waals surface area contributed by atoms with Gasteiger partial charge in [0.05, 0.1) is 6.26 Å². The van der Waals surface area contributed by atoms with Crippen molar-refractivity contribution in [1.29, 1.82) is 0 Å². The highest BCUT2D eigenvalue weighted by Crippen LogP contribution is 2.35. The number of nitrogens with one attached hydrogen (secondary N) is 1. The molecule has 0 saturated carbocycles. The molecule has 0 atom stereocenters. The number of anilines is 1. The number of nitrogens with zero attached hydrogens (tertiary/aromatic N) is 1. The van der Waals surface area contributed by atoms with Crippen LogP contribution >= 0.6 is 11.6 Å². The van der Waals surface area contributed by atoms with Gasteiger partial charge >= 0.3 is 0 Å². The summed E-state index contributed by atoms with van der Waals surface area (Å²) in [6, 6.07) is 14.9. The molecule has 6 nitrogen and oxygen atoms in total. The highest BCUT2D eigenvalue weighted by atomic mass is 35.5. The fraction of sp³-hybridized carbons (Fsp3) is 0.105. The molecule has 1 N–H and O–H groups in total. The number of pyridine rings is 1. The average Bonchev–Trinajstić information content (AvgIpc) is 2.59. The third kappa shape index (κ3) is 4.90. The minimum Gasteiger partial charge on any atom is -0.457 e. The number of sulfonamides is 1. The first-order valence-electron chi connectivity index (χ1n) is 7.93. The Hall–Kier alpha value is -2.77. The topological polar surface area (TPSA) is 77.4 Å². The zero-order valence-electron chi connectivity index (χ0n) is 14.6. The molecule has 0 radical (unpaired) electrons. The van der Waals surface area contributed by atoms with E-state index in [0.717, 1.165) is 6.26 Å². The van der Waals surface area contributed by atoms with Crippen LogP contribution in [-0.2, 0) is 17.1 Å². The number of aromatic nitrogens is 1. The maximum Gasteiger partial charge on any atom is 0.250 e. The van der Waals surface area contributed by atoms with Crippen molar-refractivity contribution in [1.82, 2.24) is 4.57 Å². The molecule has 140 valence electrons. The Bertz CT molecular complexity index is 1140. The number of hydrogen-bond donors (Lipinski definition) is 1. The van der Waals surface area contributed by atoms with Gasteiger partial charge < -0.3 is 9.30 Å². The molecule has 8 heteroatoms. The maximum absolute atomic E-state index is 11.7. The Morgan fingerprint density at radius 1 is 1.04 bits per heavy atom. The van der Waals surface area contributed by atoms with Crippen LogP contribution in [0.1, 0.15) is 0 Å². The Kier molecular flexibility index (Phi) is 5.25. The first-order chi connectivity index (χ1) is 12.7. The van der Waals surface area contributed by atoms with E-state index in [4.69, 9.17) is 16.3 Å². The van der Waals surface area contributed by atoms with E-state index in [1.807, 2.05) is 0 Å². The van der Waals surface area contributed by atoms with Crippen LogP contribution in [0.25, 0.3) is 11.1 Å². The van der Waals surface area contributed by atoms with Gasteiger partial charge in [0.2, 0.25) is 15.6 Å². The van der Waals surface area contributed by atoms with Gasteiger partial charge in [0, 0.05) is 41.1 Å². The molecule has 0 aliphatic heterocycles. The maximum atomic E-state index is 11.7. The second-order valence-corrected chi connectivity index (χ2v) is 8.19. The van der Waals surface area contributed by atoms with Crippen LogP contribution in [0.15, 0.2) is 65.6 Å². The number of aryl methyl sites for hydroxylation is 1. The molecule has 2 aromatic carbocycles. The van der Waals surface area contributed by atoms with Gasteiger partial charge in [0.25, 0.3) is 0 Å². The van der Waals surface area contributed by atoms with Gasteiger partial charge in [-0.1, -0.05) is 11.6 Å². The zero-order valence-corrected chi connectivity index (χ0v) is 16.2. The van der Waals surface area contributed by atoms with E-state index >= 15 is 0 Å². The molecule has 3 aromatic rings. The second kappa shape index (κ2) is 7.46. The van der Waals surface area contributed by atoms with Gasteiger partial charge in [-0.05, 0) is 48.5 Å². The number of benzene rings is 2. The summed E-state index contributed by atoms with van der Waals surface area (Å²) in [7, 11) is -1.79. The molecule has 0 spiro atoms. The summed E-state index contributed by atoms with van der Waals surface area (Å²) in [5.74, 6) is 1.09. The van der Waals surface area contributed by atoms with Crippen molar-refractivity contribution < 1.29 is 13.2 Å². The molecular weight excluding hydrogens is 388 g/mol. The predicted octanol–water partition coefficient (Wildman–Crippen LogP) is 3.87. The van der Waals surface area contributed by atoms with E-state index in [9.17, 15) is 13.2 Å². The van der Waals surface area contributed by atoms with Crippen LogP contribution in [0.4, 0.5) is 5.69 Å². The fourth-order valence-electron chi connectivity index (χ4n) is 2.50. The summed E-state index contributed by atoms with van der Waals surface area (Å²) in [6.45, 7) is 0. The molecule has 0 saturated heterocycles. The van der Waals surface area contributed by atoms with E-state index in [2.05, 4.69) is 4.72 Å². The van der Waals surface area contributed by atoms with Gasteiger partial charge in [-0.15, -0.1) is 0 Å². The molecule has 0 aliphatic rings. The Balaban J connectivity index is 2.09. The van der Waals surface area contributed by atoms with Crippen molar-refractivity contribution >= 4 is 27.3 Å². The lowest BCUT2D eigenvalue weighted by atomic mass is 10.1. The molecule has 1 heterocycles. The number of ether oxygens (including phenoxy) is 1. The molecular formula is C19H17ClN2O4S. The average molecular weight is 405 g/mol. The third-order valence-corrected chi connectivity index (χ3v) is 4.58. The predicted molar refractivity (Wildman–Crippen MR) is 107 cm³/mol. The standard InChI is InChI=1S/C19H17ClN2O4S/c1-22-12-13(3-10-19(22)23)17-11-15(21-27(2,24)25)6-9-18(17)26-16-7-4-14(20)5-8-16/h3-12,21H,1-2H3. The second-order valence-electron chi connectivity index (χ2n) is 6.01. The van der Waals surface area contributed by atoms with Crippen molar-refractivity contribution in [3.05, 3.63) is 76.2 Å². The van der Waals surface area contributed by atoms with Crippen LogP contribution in [0.5, 0.6) is 11.5 Å². The smallest absolute Gasteiger partial charge is 0.250 e. The molecule has 0 unspecified atom stereocenters. The lowest BCUT2D eigenvalue weighted by molar-refractivity contribution is 0.484. The van der Waals surface area contributed by atoms with Crippen molar-refractivity contribution in [3.63, 3.8) is 0 Å². The van der Waals surface area contributed by atoms with Gasteiger partial charge in [-0.3, -0.25) is 9.52 Å². The van der Waals surface area contributed by atoms with Gasteiger partial charge in [-0.25, -0.2) is 8.42 Å². The Morgan fingerprint density at radius 2 is 1.74 bits per heavy atom.